The minimum absolute atomic E-state index is 0.665. The average Bonchev–Trinajstić information content (AvgIpc) is 3.11. The van der Waals surface area contributed by atoms with Crippen LogP contribution in [0.15, 0.2) is 22.7 Å². The van der Waals surface area contributed by atoms with Gasteiger partial charge in [-0.1, -0.05) is 27.5 Å². The van der Waals surface area contributed by atoms with Crippen LogP contribution in [0.1, 0.15) is 25.7 Å². The van der Waals surface area contributed by atoms with Gasteiger partial charge in [-0.05, 0) is 55.7 Å². The van der Waals surface area contributed by atoms with E-state index in [-0.39, 0.29) is 0 Å². The van der Waals surface area contributed by atoms with Crippen molar-refractivity contribution in [1.82, 2.24) is 0 Å². The average molecular weight is 301 g/mol. The van der Waals surface area contributed by atoms with Crippen molar-refractivity contribution in [1.29, 1.82) is 0 Å². The fraction of sp³-hybridized carbons (Fsp3) is 0.538. The Morgan fingerprint density at radius 2 is 1.81 bits per heavy atom. The molecule has 0 bridgehead atoms. The van der Waals surface area contributed by atoms with E-state index >= 15 is 0 Å². The van der Waals surface area contributed by atoms with Crippen LogP contribution in [0, 0.1) is 11.8 Å². The van der Waals surface area contributed by atoms with Gasteiger partial charge in [0.25, 0.3) is 0 Å². The highest BCUT2D eigenvalue weighted by Gasteiger charge is 2.41. The van der Waals surface area contributed by atoms with Crippen LogP contribution in [0.5, 0.6) is 0 Å². The molecular formula is C13H15BrClN. The minimum atomic E-state index is 0.665. The first-order valence-electron chi connectivity index (χ1n) is 5.95. The first-order chi connectivity index (χ1) is 7.74. The van der Waals surface area contributed by atoms with Crippen molar-refractivity contribution in [3.05, 3.63) is 27.7 Å². The third-order valence-electron chi connectivity index (χ3n) is 3.51. The Morgan fingerprint density at radius 3 is 2.31 bits per heavy atom. The molecule has 2 saturated carbocycles. The van der Waals surface area contributed by atoms with Crippen molar-refractivity contribution in [3.8, 4) is 0 Å². The summed E-state index contributed by atoms with van der Waals surface area (Å²) in [7, 11) is 0. The van der Waals surface area contributed by atoms with Crippen molar-refractivity contribution in [3.63, 3.8) is 0 Å². The summed E-state index contributed by atoms with van der Waals surface area (Å²) < 4.78 is 1.04. The number of hydrogen-bond donors (Lipinski definition) is 1. The molecule has 0 aliphatic heterocycles. The van der Waals surface area contributed by atoms with Gasteiger partial charge in [0.05, 0.1) is 10.7 Å². The van der Waals surface area contributed by atoms with Gasteiger partial charge in [0, 0.05) is 10.5 Å². The number of halogens is 2. The van der Waals surface area contributed by atoms with Crippen molar-refractivity contribution in [2.45, 2.75) is 31.7 Å². The molecular weight excluding hydrogens is 286 g/mol. The van der Waals surface area contributed by atoms with E-state index in [4.69, 9.17) is 11.6 Å². The molecule has 0 heterocycles. The highest BCUT2D eigenvalue weighted by Crippen LogP contribution is 2.46. The molecule has 16 heavy (non-hydrogen) atoms. The monoisotopic (exact) mass is 299 g/mol. The fourth-order valence-corrected chi connectivity index (χ4v) is 3.05. The molecule has 3 rings (SSSR count). The number of hydrogen-bond acceptors (Lipinski definition) is 1. The third-order valence-corrected chi connectivity index (χ3v) is 4.32. The first-order valence-corrected chi connectivity index (χ1v) is 7.13. The van der Waals surface area contributed by atoms with Gasteiger partial charge in [-0.15, -0.1) is 0 Å². The van der Waals surface area contributed by atoms with Gasteiger partial charge in [0.2, 0.25) is 0 Å². The maximum Gasteiger partial charge on any atom is 0.0648 e. The van der Waals surface area contributed by atoms with Crippen LogP contribution < -0.4 is 5.32 Å². The van der Waals surface area contributed by atoms with Gasteiger partial charge in [-0.25, -0.2) is 0 Å². The van der Waals surface area contributed by atoms with Crippen LogP contribution in [0.3, 0.4) is 0 Å². The van der Waals surface area contributed by atoms with Gasteiger partial charge in [0.1, 0.15) is 0 Å². The second-order valence-corrected chi connectivity index (χ2v) is 6.29. The standard InChI is InChI=1S/C13H15BrClN/c14-10-5-6-12(11(15)7-10)16-13(8-1-2-8)9-3-4-9/h5-9,13,16H,1-4H2. The Labute approximate surface area is 110 Å². The van der Waals surface area contributed by atoms with Crippen LogP contribution in [0.2, 0.25) is 5.02 Å². The molecule has 0 unspecified atom stereocenters. The smallest absolute Gasteiger partial charge is 0.0648 e. The summed E-state index contributed by atoms with van der Waals surface area (Å²) in [4.78, 5) is 0. The molecule has 0 spiro atoms. The maximum atomic E-state index is 6.23. The maximum absolute atomic E-state index is 6.23. The molecule has 1 nitrogen and oxygen atoms in total. The molecule has 0 aromatic heterocycles. The first kappa shape index (κ1) is 10.9. The molecule has 0 radical (unpaired) electrons. The molecule has 2 fully saturated rings. The Kier molecular flexibility index (Phi) is 2.88. The van der Waals surface area contributed by atoms with Crippen molar-refractivity contribution >= 4 is 33.2 Å². The lowest BCUT2D eigenvalue weighted by molar-refractivity contribution is 0.568. The molecule has 3 heteroatoms. The van der Waals surface area contributed by atoms with Crippen LogP contribution >= 0.6 is 27.5 Å². The predicted molar refractivity (Wildman–Crippen MR) is 72.0 cm³/mol. The highest BCUT2D eigenvalue weighted by atomic mass is 79.9. The van der Waals surface area contributed by atoms with Crippen LogP contribution in [0.4, 0.5) is 5.69 Å². The van der Waals surface area contributed by atoms with E-state index in [9.17, 15) is 0 Å². The molecule has 0 amide bonds. The normalized spacial score (nSPS) is 20.2. The van der Waals surface area contributed by atoms with Gasteiger partial charge in [0.15, 0.2) is 0 Å². The van der Waals surface area contributed by atoms with Crippen LogP contribution in [-0.4, -0.2) is 6.04 Å². The Morgan fingerprint density at radius 1 is 1.19 bits per heavy atom. The Bertz CT molecular complexity index is 387. The van der Waals surface area contributed by atoms with E-state index in [2.05, 4.69) is 27.3 Å². The number of benzene rings is 1. The molecule has 0 saturated heterocycles. The lowest BCUT2D eigenvalue weighted by Crippen LogP contribution is -2.24. The van der Waals surface area contributed by atoms with Crippen LogP contribution in [-0.2, 0) is 0 Å². The number of nitrogens with one attached hydrogen (secondary N) is 1. The summed E-state index contributed by atoms with van der Waals surface area (Å²) >= 11 is 9.66. The van der Waals surface area contributed by atoms with E-state index in [0.717, 1.165) is 27.0 Å². The Balaban J connectivity index is 1.76. The zero-order valence-corrected chi connectivity index (χ0v) is 11.4. The predicted octanol–water partition coefficient (Wildman–Crippen LogP) is 4.70. The van der Waals surface area contributed by atoms with Crippen molar-refractivity contribution < 1.29 is 0 Å². The lowest BCUT2D eigenvalue weighted by atomic mass is 10.1. The van der Waals surface area contributed by atoms with Crippen LogP contribution in [0.25, 0.3) is 0 Å². The van der Waals surface area contributed by atoms with E-state index in [1.807, 2.05) is 12.1 Å². The third kappa shape index (κ3) is 2.38. The lowest BCUT2D eigenvalue weighted by Gasteiger charge is -2.20. The summed E-state index contributed by atoms with van der Waals surface area (Å²) in [6.07, 6.45) is 5.56. The van der Waals surface area contributed by atoms with Crippen molar-refractivity contribution in [2.75, 3.05) is 5.32 Å². The number of rotatable bonds is 4. The highest BCUT2D eigenvalue weighted by molar-refractivity contribution is 9.10. The zero-order chi connectivity index (χ0) is 11.1. The van der Waals surface area contributed by atoms with E-state index in [1.165, 1.54) is 25.7 Å². The minimum Gasteiger partial charge on any atom is -0.381 e. The van der Waals surface area contributed by atoms with Gasteiger partial charge in [-0.3, -0.25) is 0 Å². The summed E-state index contributed by atoms with van der Waals surface area (Å²) in [6.45, 7) is 0. The molecule has 2 aliphatic rings. The summed E-state index contributed by atoms with van der Waals surface area (Å²) in [6, 6.07) is 6.74. The number of anilines is 1. The summed E-state index contributed by atoms with van der Waals surface area (Å²) in [5, 5.41) is 4.47. The molecule has 2 aliphatic carbocycles. The van der Waals surface area contributed by atoms with Crippen molar-refractivity contribution in [2.24, 2.45) is 11.8 Å². The quantitative estimate of drug-likeness (QED) is 0.849. The van der Waals surface area contributed by atoms with E-state index < -0.39 is 0 Å². The SMILES string of the molecule is Clc1cc(Br)ccc1NC(C1CC1)C1CC1. The molecule has 1 aromatic carbocycles. The van der Waals surface area contributed by atoms with Gasteiger partial charge >= 0.3 is 0 Å². The second-order valence-electron chi connectivity index (χ2n) is 4.97. The molecule has 1 aromatic rings. The van der Waals surface area contributed by atoms with Gasteiger partial charge in [-0.2, -0.15) is 0 Å². The van der Waals surface area contributed by atoms with E-state index in [1.54, 1.807) is 0 Å². The fourth-order valence-electron chi connectivity index (χ4n) is 2.32. The summed E-state index contributed by atoms with van der Waals surface area (Å²) in [5.74, 6) is 1.79. The van der Waals surface area contributed by atoms with E-state index in [0.29, 0.717) is 6.04 Å². The summed E-state index contributed by atoms with van der Waals surface area (Å²) in [5.41, 5.74) is 1.09. The Hall–Kier alpha value is -0.210. The molecule has 1 N–H and O–H groups in total. The zero-order valence-electron chi connectivity index (χ0n) is 9.05. The second kappa shape index (κ2) is 4.23. The largest absolute Gasteiger partial charge is 0.381 e. The molecule has 86 valence electrons. The van der Waals surface area contributed by atoms with Gasteiger partial charge < -0.3 is 5.32 Å². The molecule has 0 atom stereocenters. The topological polar surface area (TPSA) is 12.0 Å².